The second-order valence-corrected chi connectivity index (χ2v) is 10.8. The Labute approximate surface area is 207 Å². The smallest absolute Gasteiger partial charge is 0.407 e. The number of ether oxygens (including phenoxy) is 1. The van der Waals surface area contributed by atoms with Gasteiger partial charge in [-0.3, -0.25) is 4.79 Å². The van der Waals surface area contributed by atoms with E-state index in [4.69, 9.17) is 4.74 Å². The Kier molecular flexibility index (Phi) is 8.20. The van der Waals surface area contributed by atoms with E-state index in [-0.39, 0.29) is 30.3 Å². The Morgan fingerprint density at radius 2 is 1.49 bits per heavy atom. The van der Waals surface area contributed by atoms with Crippen LogP contribution in [0.2, 0.25) is 0 Å². The minimum atomic E-state index is -1.08. The number of nitrogens with one attached hydrogen (secondary N) is 2. The minimum absolute atomic E-state index is 0.0298. The fraction of sp³-hybridized carbons (Fsp3) is 0.464. The van der Waals surface area contributed by atoms with Gasteiger partial charge in [-0.15, -0.1) is 0 Å². The number of carboxylic acid groups (broad SMARTS) is 1. The highest BCUT2D eigenvalue weighted by molar-refractivity contribution is 5.84. The third-order valence-corrected chi connectivity index (χ3v) is 6.21. The van der Waals surface area contributed by atoms with Crippen molar-refractivity contribution in [3.05, 3.63) is 59.7 Å². The molecule has 0 spiro atoms. The van der Waals surface area contributed by atoms with Gasteiger partial charge in [-0.1, -0.05) is 83.1 Å². The van der Waals surface area contributed by atoms with Crippen LogP contribution in [0.1, 0.15) is 64.5 Å². The average Bonchev–Trinajstić information content (AvgIpc) is 3.08. The van der Waals surface area contributed by atoms with E-state index in [1.807, 2.05) is 45.0 Å². The lowest BCUT2D eigenvalue weighted by atomic mass is 9.87. The van der Waals surface area contributed by atoms with Crippen LogP contribution < -0.4 is 10.6 Å². The van der Waals surface area contributed by atoms with E-state index in [9.17, 15) is 19.5 Å². The normalized spacial score (nSPS) is 14.6. The molecule has 0 bridgehead atoms. The van der Waals surface area contributed by atoms with Crippen molar-refractivity contribution in [1.82, 2.24) is 10.6 Å². The number of aliphatic carboxylic acids is 1. The third kappa shape index (κ3) is 6.84. The second-order valence-electron chi connectivity index (χ2n) is 10.8. The maximum atomic E-state index is 12.8. The Hall–Kier alpha value is -3.35. The third-order valence-electron chi connectivity index (χ3n) is 6.21. The highest BCUT2D eigenvalue weighted by Crippen LogP contribution is 2.44. The zero-order valence-electron chi connectivity index (χ0n) is 21.1. The quantitative estimate of drug-likeness (QED) is 0.471. The number of hydrogen-bond acceptors (Lipinski definition) is 4. The van der Waals surface area contributed by atoms with Crippen LogP contribution in [-0.2, 0) is 14.3 Å². The van der Waals surface area contributed by atoms with Crippen molar-refractivity contribution < 1.29 is 24.2 Å². The first kappa shape index (κ1) is 26.3. The van der Waals surface area contributed by atoms with Gasteiger partial charge in [0, 0.05) is 18.4 Å². The van der Waals surface area contributed by atoms with E-state index < -0.39 is 30.1 Å². The summed E-state index contributed by atoms with van der Waals surface area (Å²) in [5.74, 6) is -1.81. The van der Waals surface area contributed by atoms with E-state index in [0.29, 0.717) is 6.42 Å². The van der Waals surface area contributed by atoms with Crippen LogP contribution in [0.25, 0.3) is 11.1 Å². The van der Waals surface area contributed by atoms with Crippen LogP contribution in [-0.4, -0.2) is 41.8 Å². The van der Waals surface area contributed by atoms with Crippen molar-refractivity contribution in [3.8, 4) is 11.1 Å². The van der Waals surface area contributed by atoms with Crippen LogP contribution in [0, 0.1) is 11.3 Å². The van der Waals surface area contributed by atoms with Gasteiger partial charge < -0.3 is 20.5 Å². The fourth-order valence-electron chi connectivity index (χ4n) is 4.69. The molecular weight excluding hydrogens is 444 g/mol. The van der Waals surface area contributed by atoms with Gasteiger partial charge >= 0.3 is 12.1 Å². The second kappa shape index (κ2) is 10.9. The Morgan fingerprint density at radius 1 is 0.943 bits per heavy atom. The molecule has 3 rings (SSSR count). The van der Waals surface area contributed by atoms with E-state index in [2.05, 4.69) is 34.9 Å². The van der Waals surface area contributed by atoms with Crippen molar-refractivity contribution in [1.29, 1.82) is 0 Å². The number of benzene rings is 2. The van der Waals surface area contributed by atoms with Gasteiger partial charge in [0.1, 0.15) is 12.6 Å². The topological polar surface area (TPSA) is 105 Å². The predicted octanol–water partition coefficient (Wildman–Crippen LogP) is 4.95. The molecule has 2 aromatic rings. The molecule has 3 N–H and O–H groups in total. The van der Waals surface area contributed by atoms with E-state index >= 15 is 0 Å². The molecule has 0 saturated heterocycles. The molecule has 7 heteroatoms. The molecule has 2 atom stereocenters. The van der Waals surface area contributed by atoms with Crippen LogP contribution in [0.3, 0.4) is 0 Å². The first-order chi connectivity index (χ1) is 16.5. The molecule has 0 aromatic heterocycles. The molecule has 1 aliphatic carbocycles. The van der Waals surface area contributed by atoms with Crippen LogP contribution in [0.4, 0.5) is 4.79 Å². The molecule has 35 heavy (non-hydrogen) atoms. The monoisotopic (exact) mass is 480 g/mol. The van der Waals surface area contributed by atoms with Crippen molar-refractivity contribution in [2.45, 2.75) is 65.5 Å². The molecule has 1 aliphatic rings. The van der Waals surface area contributed by atoms with Gasteiger partial charge in [0.25, 0.3) is 0 Å². The summed E-state index contributed by atoms with van der Waals surface area (Å²) in [7, 11) is 0. The molecular formula is C28H36N2O5. The zero-order valence-corrected chi connectivity index (χ0v) is 21.1. The maximum Gasteiger partial charge on any atom is 0.407 e. The Balaban J connectivity index is 1.65. The summed E-state index contributed by atoms with van der Waals surface area (Å²) in [6, 6.07) is 14.8. The Bertz CT molecular complexity index is 1030. The standard InChI is InChI=1S/C28H36N2O5/c1-17(2)25(26(32)33)30-24(31)14-18(15-28(3,4)5)29-27(34)35-16-23-21-12-8-6-10-19(21)20-11-7-9-13-22(20)23/h6-13,17-18,23,25H,14-16H2,1-5H3,(H,29,34)(H,30,31)(H,32,33). The summed E-state index contributed by atoms with van der Waals surface area (Å²) in [5, 5.41) is 14.8. The molecule has 0 radical (unpaired) electrons. The molecule has 188 valence electrons. The molecule has 0 heterocycles. The lowest BCUT2D eigenvalue weighted by Gasteiger charge is -2.27. The van der Waals surface area contributed by atoms with Crippen molar-refractivity contribution in [2.75, 3.05) is 6.61 Å². The molecule has 7 nitrogen and oxygen atoms in total. The molecule has 2 unspecified atom stereocenters. The van der Waals surface area contributed by atoms with Crippen molar-refractivity contribution in [3.63, 3.8) is 0 Å². The fourth-order valence-corrected chi connectivity index (χ4v) is 4.69. The number of carboxylic acids is 1. The van der Waals surface area contributed by atoms with Gasteiger partial charge in [0.2, 0.25) is 5.91 Å². The van der Waals surface area contributed by atoms with Gasteiger partial charge in [-0.2, -0.15) is 0 Å². The van der Waals surface area contributed by atoms with Crippen LogP contribution in [0.5, 0.6) is 0 Å². The number of rotatable bonds is 9. The summed E-state index contributed by atoms with van der Waals surface area (Å²) in [6.45, 7) is 9.71. The number of fused-ring (bicyclic) bond motifs is 3. The lowest BCUT2D eigenvalue weighted by Crippen LogP contribution is -2.47. The van der Waals surface area contributed by atoms with Crippen LogP contribution in [0.15, 0.2) is 48.5 Å². The van der Waals surface area contributed by atoms with E-state index in [0.717, 1.165) is 22.3 Å². The van der Waals surface area contributed by atoms with Crippen molar-refractivity contribution >= 4 is 18.0 Å². The number of carbonyl (C=O) groups is 3. The molecule has 2 aromatic carbocycles. The van der Waals surface area contributed by atoms with Gasteiger partial charge in [0.05, 0.1) is 0 Å². The van der Waals surface area contributed by atoms with Gasteiger partial charge in [0.15, 0.2) is 0 Å². The van der Waals surface area contributed by atoms with Gasteiger partial charge in [-0.05, 0) is 40.0 Å². The predicted molar refractivity (Wildman–Crippen MR) is 135 cm³/mol. The summed E-state index contributed by atoms with van der Waals surface area (Å²) >= 11 is 0. The highest BCUT2D eigenvalue weighted by Gasteiger charge is 2.30. The summed E-state index contributed by atoms with van der Waals surface area (Å²) < 4.78 is 5.65. The first-order valence-corrected chi connectivity index (χ1v) is 12.1. The van der Waals surface area contributed by atoms with Gasteiger partial charge in [-0.25, -0.2) is 9.59 Å². The lowest BCUT2D eigenvalue weighted by molar-refractivity contribution is -0.143. The molecule has 0 saturated carbocycles. The first-order valence-electron chi connectivity index (χ1n) is 12.1. The Morgan fingerprint density at radius 3 is 1.97 bits per heavy atom. The summed E-state index contributed by atoms with van der Waals surface area (Å²) in [5.41, 5.74) is 4.39. The van der Waals surface area contributed by atoms with E-state index in [1.165, 1.54) is 0 Å². The molecule has 0 aliphatic heterocycles. The molecule has 2 amide bonds. The van der Waals surface area contributed by atoms with Crippen LogP contribution >= 0.6 is 0 Å². The minimum Gasteiger partial charge on any atom is -0.480 e. The SMILES string of the molecule is CC(C)C(NC(=O)CC(CC(C)(C)C)NC(=O)OCC1c2ccccc2-c2ccccc21)C(=O)O. The summed E-state index contributed by atoms with van der Waals surface area (Å²) in [4.78, 5) is 36.8. The highest BCUT2D eigenvalue weighted by atomic mass is 16.5. The number of alkyl carbamates (subject to hydrolysis) is 1. The van der Waals surface area contributed by atoms with Crippen molar-refractivity contribution in [2.24, 2.45) is 11.3 Å². The number of amides is 2. The molecule has 0 fully saturated rings. The zero-order chi connectivity index (χ0) is 25.8. The largest absolute Gasteiger partial charge is 0.480 e. The average molecular weight is 481 g/mol. The number of carbonyl (C=O) groups excluding carboxylic acids is 2. The van der Waals surface area contributed by atoms with E-state index in [1.54, 1.807) is 13.8 Å². The number of hydrogen-bond donors (Lipinski definition) is 3. The summed E-state index contributed by atoms with van der Waals surface area (Å²) in [6.07, 6.45) is -0.0882. The maximum absolute atomic E-state index is 12.8.